The van der Waals surface area contributed by atoms with Crippen molar-refractivity contribution in [3.8, 4) is 0 Å². The van der Waals surface area contributed by atoms with Crippen LogP contribution in [0.2, 0.25) is 0 Å². The molecule has 0 amide bonds. The standard InChI is InChI=1S/C18H25NO2/c1-14(16-7-8-16)11-18(20)21-17-9-10-19(13-17)12-15-5-3-2-4-6-15/h2-6,14,16-17H,7-13H2,1H3/t14?,17-/m1/s1. The van der Waals surface area contributed by atoms with E-state index in [0.717, 1.165) is 32.0 Å². The Balaban J connectivity index is 1.40. The zero-order chi connectivity index (χ0) is 14.7. The molecule has 2 fully saturated rings. The van der Waals surface area contributed by atoms with E-state index < -0.39 is 0 Å². The van der Waals surface area contributed by atoms with Gasteiger partial charge in [0.15, 0.2) is 0 Å². The lowest BCUT2D eigenvalue weighted by atomic mass is 10.0. The van der Waals surface area contributed by atoms with E-state index >= 15 is 0 Å². The fourth-order valence-electron chi connectivity index (χ4n) is 3.21. The van der Waals surface area contributed by atoms with E-state index in [2.05, 4.69) is 36.1 Å². The zero-order valence-corrected chi connectivity index (χ0v) is 12.8. The largest absolute Gasteiger partial charge is 0.461 e. The third kappa shape index (κ3) is 4.31. The number of hydrogen-bond donors (Lipinski definition) is 0. The first-order chi connectivity index (χ1) is 10.2. The van der Waals surface area contributed by atoms with Gasteiger partial charge in [0.25, 0.3) is 0 Å². The number of ether oxygens (including phenoxy) is 1. The number of nitrogens with zero attached hydrogens (tertiary/aromatic N) is 1. The van der Waals surface area contributed by atoms with Crippen LogP contribution < -0.4 is 0 Å². The molecule has 1 aliphatic heterocycles. The summed E-state index contributed by atoms with van der Waals surface area (Å²) in [6.45, 7) is 5.02. The van der Waals surface area contributed by atoms with E-state index in [1.807, 2.05) is 6.07 Å². The molecule has 2 aliphatic rings. The summed E-state index contributed by atoms with van der Waals surface area (Å²) in [7, 11) is 0. The van der Waals surface area contributed by atoms with Crippen molar-refractivity contribution in [3.63, 3.8) is 0 Å². The van der Waals surface area contributed by atoms with Gasteiger partial charge in [-0.15, -0.1) is 0 Å². The third-order valence-electron chi connectivity index (χ3n) is 4.69. The highest BCUT2D eigenvalue weighted by Crippen LogP contribution is 2.38. The second kappa shape index (κ2) is 6.61. The van der Waals surface area contributed by atoms with Gasteiger partial charge in [0.05, 0.1) is 0 Å². The third-order valence-corrected chi connectivity index (χ3v) is 4.69. The summed E-state index contributed by atoms with van der Waals surface area (Å²) in [5, 5.41) is 0. The first-order valence-corrected chi connectivity index (χ1v) is 8.16. The van der Waals surface area contributed by atoms with Crippen LogP contribution in [0.15, 0.2) is 30.3 Å². The van der Waals surface area contributed by atoms with Gasteiger partial charge in [0, 0.05) is 26.1 Å². The summed E-state index contributed by atoms with van der Waals surface area (Å²) >= 11 is 0. The van der Waals surface area contributed by atoms with Crippen LogP contribution >= 0.6 is 0 Å². The molecule has 0 spiro atoms. The Kier molecular flexibility index (Phi) is 4.59. The Morgan fingerprint density at radius 3 is 2.76 bits per heavy atom. The maximum Gasteiger partial charge on any atom is 0.306 e. The fourth-order valence-corrected chi connectivity index (χ4v) is 3.21. The minimum absolute atomic E-state index is 0.000890. The zero-order valence-electron chi connectivity index (χ0n) is 12.8. The Morgan fingerprint density at radius 2 is 2.05 bits per heavy atom. The Hall–Kier alpha value is -1.35. The molecule has 1 unspecified atom stereocenters. The molecule has 114 valence electrons. The van der Waals surface area contributed by atoms with Gasteiger partial charge < -0.3 is 4.74 Å². The quantitative estimate of drug-likeness (QED) is 0.752. The highest BCUT2D eigenvalue weighted by atomic mass is 16.5. The lowest BCUT2D eigenvalue weighted by molar-refractivity contribution is -0.149. The Labute approximate surface area is 127 Å². The summed E-state index contributed by atoms with van der Waals surface area (Å²) in [6.07, 6.45) is 4.24. The average Bonchev–Trinajstić information content (AvgIpc) is 3.23. The molecule has 3 rings (SSSR count). The van der Waals surface area contributed by atoms with E-state index in [0.29, 0.717) is 12.3 Å². The van der Waals surface area contributed by atoms with Crippen molar-refractivity contribution in [2.45, 2.75) is 45.3 Å². The van der Waals surface area contributed by atoms with Gasteiger partial charge in [-0.3, -0.25) is 9.69 Å². The maximum absolute atomic E-state index is 12.0. The van der Waals surface area contributed by atoms with Crippen LogP contribution in [0.5, 0.6) is 0 Å². The molecular formula is C18H25NO2. The summed E-state index contributed by atoms with van der Waals surface area (Å²) < 4.78 is 5.65. The molecule has 0 bridgehead atoms. The Bertz CT molecular complexity index is 469. The molecule has 0 radical (unpaired) electrons. The van der Waals surface area contributed by atoms with Crippen LogP contribution in [0.25, 0.3) is 0 Å². The van der Waals surface area contributed by atoms with E-state index in [1.54, 1.807) is 0 Å². The number of esters is 1. The summed E-state index contributed by atoms with van der Waals surface area (Å²) in [5.74, 6) is 1.27. The van der Waals surface area contributed by atoms with E-state index in [4.69, 9.17) is 4.74 Å². The number of carbonyl (C=O) groups is 1. The SMILES string of the molecule is CC(CC(=O)O[C@@H]1CCN(Cc2ccccc2)C1)C1CC1. The molecule has 0 N–H and O–H groups in total. The average molecular weight is 287 g/mol. The van der Waals surface area contributed by atoms with Gasteiger partial charge in [-0.1, -0.05) is 37.3 Å². The van der Waals surface area contributed by atoms with Crippen molar-refractivity contribution in [2.75, 3.05) is 13.1 Å². The molecule has 2 atom stereocenters. The van der Waals surface area contributed by atoms with Gasteiger partial charge in [-0.05, 0) is 36.7 Å². The van der Waals surface area contributed by atoms with Crippen molar-refractivity contribution in [3.05, 3.63) is 35.9 Å². The van der Waals surface area contributed by atoms with E-state index in [9.17, 15) is 4.79 Å². The first kappa shape index (κ1) is 14.6. The lowest BCUT2D eigenvalue weighted by Gasteiger charge is -2.17. The monoisotopic (exact) mass is 287 g/mol. The number of benzene rings is 1. The second-order valence-electron chi connectivity index (χ2n) is 6.64. The molecule has 1 aliphatic carbocycles. The normalized spacial score (nSPS) is 24.0. The van der Waals surface area contributed by atoms with Gasteiger partial charge in [-0.2, -0.15) is 0 Å². The van der Waals surface area contributed by atoms with Crippen molar-refractivity contribution in [2.24, 2.45) is 11.8 Å². The topological polar surface area (TPSA) is 29.5 Å². The van der Waals surface area contributed by atoms with Crippen molar-refractivity contribution in [1.29, 1.82) is 0 Å². The fraction of sp³-hybridized carbons (Fsp3) is 0.611. The predicted octanol–water partition coefficient (Wildman–Crippen LogP) is 3.24. The second-order valence-corrected chi connectivity index (χ2v) is 6.64. The van der Waals surface area contributed by atoms with Gasteiger partial charge in [0.1, 0.15) is 6.10 Å². The summed E-state index contributed by atoms with van der Waals surface area (Å²) in [4.78, 5) is 14.3. The number of likely N-dealkylation sites (tertiary alicyclic amines) is 1. The highest BCUT2D eigenvalue weighted by molar-refractivity contribution is 5.70. The molecule has 1 heterocycles. The van der Waals surface area contributed by atoms with Crippen LogP contribution in [-0.2, 0) is 16.1 Å². The molecule has 1 saturated heterocycles. The molecule has 1 aromatic carbocycles. The minimum atomic E-state index is 0.000890. The molecule has 3 nitrogen and oxygen atoms in total. The number of carbonyl (C=O) groups excluding carboxylic acids is 1. The smallest absolute Gasteiger partial charge is 0.306 e. The number of rotatable bonds is 6. The Morgan fingerprint density at radius 1 is 1.29 bits per heavy atom. The molecule has 21 heavy (non-hydrogen) atoms. The first-order valence-electron chi connectivity index (χ1n) is 8.16. The van der Waals surface area contributed by atoms with Crippen molar-refractivity contribution >= 4 is 5.97 Å². The molecule has 1 saturated carbocycles. The molecule has 3 heteroatoms. The summed E-state index contributed by atoms with van der Waals surface area (Å²) in [6, 6.07) is 10.5. The molecular weight excluding hydrogens is 262 g/mol. The van der Waals surface area contributed by atoms with Crippen LogP contribution in [-0.4, -0.2) is 30.1 Å². The molecule has 0 aromatic heterocycles. The van der Waals surface area contributed by atoms with E-state index in [-0.39, 0.29) is 12.1 Å². The van der Waals surface area contributed by atoms with Crippen molar-refractivity contribution < 1.29 is 9.53 Å². The van der Waals surface area contributed by atoms with Crippen LogP contribution in [0.4, 0.5) is 0 Å². The number of hydrogen-bond acceptors (Lipinski definition) is 3. The van der Waals surface area contributed by atoms with Crippen LogP contribution in [0, 0.1) is 11.8 Å². The van der Waals surface area contributed by atoms with Gasteiger partial charge in [0.2, 0.25) is 0 Å². The van der Waals surface area contributed by atoms with Crippen molar-refractivity contribution in [1.82, 2.24) is 4.90 Å². The van der Waals surface area contributed by atoms with Crippen LogP contribution in [0.3, 0.4) is 0 Å². The maximum atomic E-state index is 12.0. The minimum Gasteiger partial charge on any atom is -0.461 e. The van der Waals surface area contributed by atoms with E-state index in [1.165, 1.54) is 18.4 Å². The predicted molar refractivity (Wildman–Crippen MR) is 82.7 cm³/mol. The molecule has 1 aromatic rings. The lowest BCUT2D eigenvalue weighted by Crippen LogP contribution is -2.25. The van der Waals surface area contributed by atoms with Gasteiger partial charge in [-0.25, -0.2) is 0 Å². The van der Waals surface area contributed by atoms with Crippen LogP contribution in [0.1, 0.15) is 38.2 Å². The summed E-state index contributed by atoms with van der Waals surface area (Å²) in [5.41, 5.74) is 1.33. The highest BCUT2D eigenvalue weighted by Gasteiger charge is 2.31. The van der Waals surface area contributed by atoms with Gasteiger partial charge >= 0.3 is 5.97 Å².